The fraction of sp³-hybridized carbons (Fsp3) is 0.0769. The maximum absolute atomic E-state index is 12.2. The molecule has 1 unspecified atom stereocenters. The molecule has 94 valence electrons. The van der Waals surface area contributed by atoms with Gasteiger partial charge >= 0.3 is 0 Å². The minimum atomic E-state index is -1.16. The maximum atomic E-state index is 12.2. The average molecular weight is 300 g/mol. The van der Waals surface area contributed by atoms with E-state index >= 15 is 0 Å². The molecule has 2 nitrogen and oxygen atoms in total. The highest BCUT2D eigenvalue weighted by molar-refractivity contribution is 7.84. The second kappa shape index (κ2) is 5.74. The van der Waals surface area contributed by atoms with E-state index in [1.807, 2.05) is 0 Å². The second-order valence-corrected chi connectivity index (χ2v) is 6.09. The molecule has 0 spiro atoms. The van der Waals surface area contributed by atoms with Crippen molar-refractivity contribution in [2.75, 3.05) is 5.73 Å². The highest BCUT2D eigenvalue weighted by atomic mass is 35.5. The first kappa shape index (κ1) is 13.4. The molecular formula is C13H11Cl2NOS. The summed E-state index contributed by atoms with van der Waals surface area (Å²) in [5.74, 6) is 0.337. The third-order valence-corrected chi connectivity index (χ3v) is 4.41. The fourth-order valence-corrected chi connectivity index (χ4v) is 3.08. The van der Waals surface area contributed by atoms with E-state index in [-0.39, 0.29) is 0 Å². The molecule has 2 aromatic rings. The summed E-state index contributed by atoms with van der Waals surface area (Å²) >= 11 is 11.9. The Bertz CT molecular complexity index is 584. The number of nitrogens with two attached hydrogens (primary N) is 1. The highest BCUT2D eigenvalue weighted by Crippen LogP contribution is 2.23. The number of anilines is 1. The molecule has 2 aromatic carbocycles. The largest absolute Gasteiger partial charge is 0.399 e. The molecule has 0 heterocycles. The van der Waals surface area contributed by atoms with Crippen LogP contribution in [0.1, 0.15) is 5.56 Å². The van der Waals surface area contributed by atoms with Gasteiger partial charge in [0.15, 0.2) is 0 Å². The summed E-state index contributed by atoms with van der Waals surface area (Å²) in [5.41, 5.74) is 7.01. The SMILES string of the molecule is Nc1ccc(S(=O)Cc2cc(Cl)ccc2Cl)cc1. The first-order chi connectivity index (χ1) is 8.56. The summed E-state index contributed by atoms with van der Waals surface area (Å²) in [6, 6.07) is 12.1. The van der Waals surface area contributed by atoms with Gasteiger partial charge < -0.3 is 5.73 Å². The Morgan fingerprint density at radius 2 is 1.72 bits per heavy atom. The molecule has 0 saturated heterocycles. The molecule has 0 saturated carbocycles. The van der Waals surface area contributed by atoms with E-state index in [1.165, 1.54) is 0 Å². The van der Waals surface area contributed by atoms with E-state index in [0.29, 0.717) is 21.5 Å². The molecule has 0 amide bonds. The van der Waals surface area contributed by atoms with Crippen LogP contribution in [0.3, 0.4) is 0 Å². The van der Waals surface area contributed by atoms with E-state index < -0.39 is 10.8 Å². The maximum Gasteiger partial charge on any atom is 0.0574 e. The minimum Gasteiger partial charge on any atom is -0.399 e. The molecule has 0 aliphatic heterocycles. The van der Waals surface area contributed by atoms with Crippen LogP contribution in [0, 0.1) is 0 Å². The molecule has 0 bridgehead atoms. The van der Waals surface area contributed by atoms with E-state index in [2.05, 4.69) is 0 Å². The van der Waals surface area contributed by atoms with Crippen LogP contribution in [0.5, 0.6) is 0 Å². The smallest absolute Gasteiger partial charge is 0.0574 e. The zero-order chi connectivity index (χ0) is 13.1. The normalized spacial score (nSPS) is 12.3. The average Bonchev–Trinajstić information content (AvgIpc) is 2.34. The van der Waals surface area contributed by atoms with Gasteiger partial charge in [-0.2, -0.15) is 0 Å². The van der Waals surface area contributed by atoms with E-state index in [1.54, 1.807) is 42.5 Å². The molecule has 0 aromatic heterocycles. The van der Waals surface area contributed by atoms with Gasteiger partial charge in [0.1, 0.15) is 0 Å². The Morgan fingerprint density at radius 3 is 2.39 bits per heavy atom. The Morgan fingerprint density at radius 1 is 1.06 bits per heavy atom. The van der Waals surface area contributed by atoms with Crippen molar-refractivity contribution in [2.24, 2.45) is 0 Å². The van der Waals surface area contributed by atoms with Crippen molar-refractivity contribution in [3.05, 3.63) is 58.1 Å². The zero-order valence-corrected chi connectivity index (χ0v) is 11.7. The van der Waals surface area contributed by atoms with Gasteiger partial charge in [0, 0.05) is 20.6 Å². The third kappa shape index (κ3) is 3.25. The van der Waals surface area contributed by atoms with Gasteiger partial charge in [-0.05, 0) is 48.0 Å². The predicted molar refractivity (Wildman–Crippen MR) is 77.4 cm³/mol. The van der Waals surface area contributed by atoms with Crippen LogP contribution < -0.4 is 5.73 Å². The minimum absolute atomic E-state index is 0.337. The lowest BCUT2D eigenvalue weighted by Gasteiger charge is -2.06. The van der Waals surface area contributed by atoms with E-state index in [9.17, 15) is 4.21 Å². The van der Waals surface area contributed by atoms with Crippen molar-refractivity contribution in [3.8, 4) is 0 Å². The lowest BCUT2D eigenvalue weighted by atomic mass is 10.2. The van der Waals surface area contributed by atoms with Crippen molar-refractivity contribution < 1.29 is 4.21 Å². The molecule has 2 N–H and O–H groups in total. The standard InChI is InChI=1S/C13H11Cl2NOS/c14-10-1-6-13(15)9(7-10)8-18(17)12-4-2-11(16)3-5-12/h1-7H,8,16H2. The van der Waals surface area contributed by atoms with Gasteiger partial charge in [-0.15, -0.1) is 0 Å². The van der Waals surface area contributed by atoms with Gasteiger partial charge in [-0.3, -0.25) is 4.21 Å². The van der Waals surface area contributed by atoms with Crippen LogP contribution in [0.25, 0.3) is 0 Å². The predicted octanol–water partition coefficient (Wildman–Crippen LogP) is 3.88. The summed E-state index contributed by atoms with van der Waals surface area (Å²) in [5, 5.41) is 1.16. The second-order valence-electron chi connectivity index (χ2n) is 3.79. The summed E-state index contributed by atoms with van der Waals surface area (Å²) in [6.07, 6.45) is 0. The lowest BCUT2D eigenvalue weighted by Crippen LogP contribution is -1.97. The highest BCUT2D eigenvalue weighted by Gasteiger charge is 2.08. The molecule has 2 rings (SSSR count). The topological polar surface area (TPSA) is 43.1 Å². The lowest BCUT2D eigenvalue weighted by molar-refractivity contribution is 0.682. The number of rotatable bonds is 3. The van der Waals surface area contributed by atoms with Crippen molar-refractivity contribution in [1.82, 2.24) is 0 Å². The molecule has 1 atom stereocenters. The van der Waals surface area contributed by atoms with Crippen LogP contribution in [0.2, 0.25) is 10.0 Å². The summed E-state index contributed by atoms with van der Waals surface area (Å²) in [4.78, 5) is 0.722. The third-order valence-electron chi connectivity index (χ3n) is 2.44. The zero-order valence-electron chi connectivity index (χ0n) is 9.40. The number of hydrogen-bond acceptors (Lipinski definition) is 2. The quantitative estimate of drug-likeness (QED) is 0.874. The first-order valence-corrected chi connectivity index (χ1v) is 7.31. The van der Waals surface area contributed by atoms with Crippen LogP contribution in [0.4, 0.5) is 5.69 Å². The Kier molecular flexibility index (Phi) is 4.27. The molecule has 0 radical (unpaired) electrons. The molecule has 0 aliphatic carbocycles. The van der Waals surface area contributed by atoms with E-state index in [0.717, 1.165) is 10.5 Å². The van der Waals surface area contributed by atoms with Crippen LogP contribution in [0.15, 0.2) is 47.4 Å². The van der Waals surface area contributed by atoms with E-state index in [4.69, 9.17) is 28.9 Å². The van der Waals surface area contributed by atoms with Crippen LogP contribution in [-0.2, 0) is 16.6 Å². The molecule has 0 aliphatic rings. The molecule has 5 heteroatoms. The monoisotopic (exact) mass is 299 g/mol. The van der Waals surface area contributed by atoms with Crippen LogP contribution in [-0.4, -0.2) is 4.21 Å². The molecule has 0 fully saturated rings. The van der Waals surface area contributed by atoms with Crippen molar-refractivity contribution in [1.29, 1.82) is 0 Å². The van der Waals surface area contributed by atoms with Crippen molar-refractivity contribution in [2.45, 2.75) is 10.6 Å². The summed E-state index contributed by atoms with van der Waals surface area (Å²) in [6.45, 7) is 0. The number of hydrogen-bond donors (Lipinski definition) is 1. The van der Waals surface area contributed by atoms with Gasteiger partial charge in [-0.1, -0.05) is 23.2 Å². The van der Waals surface area contributed by atoms with Gasteiger partial charge in [0.05, 0.1) is 16.6 Å². The first-order valence-electron chi connectivity index (χ1n) is 5.24. The van der Waals surface area contributed by atoms with Crippen molar-refractivity contribution in [3.63, 3.8) is 0 Å². The fourth-order valence-electron chi connectivity index (χ4n) is 1.50. The summed E-state index contributed by atoms with van der Waals surface area (Å²) < 4.78 is 12.2. The molecule has 18 heavy (non-hydrogen) atoms. The Labute approximate surface area is 118 Å². The number of benzene rings is 2. The van der Waals surface area contributed by atoms with Gasteiger partial charge in [0.2, 0.25) is 0 Å². The summed E-state index contributed by atoms with van der Waals surface area (Å²) in [7, 11) is -1.16. The van der Waals surface area contributed by atoms with Gasteiger partial charge in [-0.25, -0.2) is 0 Å². The van der Waals surface area contributed by atoms with Crippen LogP contribution >= 0.6 is 23.2 Å². The number of halogens is 2. The van der Waals surface area contributed by atoms with Crippen molar-refractivity contribution >= 4 is 39.7 Å². The number of nitrogen functional groups attached to an aromatic ring is 1. The molecular weight excluding hydrogens is 289 g/mol. The Hall–Kier alpha value is -1.03. The Balaban J connectivity index is 2.21. The van der Waals surface area contributed by atoms with Gasteiger partial charge in [0.25, 0.3) is 0 Å².